The standard InChI is InChI=1S/C10H20N2.C2H6/c1-9(2)12-7-6-11(3)10(8-12)4-5-10;1-2/h9H,4-8H2,1-3H3;1-2H3. The molecule has 2 heteroatoms. The first-order chi connectivity index (χ1) is 6.64. The predicted octanol–water partition coefficient (Wildman–Crippen LogP) is 2.20. The number of hydrogen-bond acceptors (Lipinski definition) is 2. The lowest BCUT2D eigenvalue weighted by molar-refractivity contribution is 0.0610. The minimum Gasteiger partial charge on any atom is -0.298 e. The van der Waals surface area contributed by atoms with Crippen LogP contribution in [0.2, 0.25) is 0 Å². The molecule has 2 fully saturated rings. The number of nitrogens with zero attached hydrogens (tertiary/aromatic N) is 2. The quantitative estimate of drug-likeness (QED) is 0.637. The Kier molecular flexibility index (Phi) is 3.96. The fourth-order valence-electron chi connectivity index (χ4n) is 2.22. The van der Waals surface area contributed by atoms with Crippen LogP contribution in [-0.2, 0) is 0 Å². The van der Waals surface area contributed by atoms with Gasteiger partial charge in [0.2, 0.25) is 0 Å². The van der Waals surface area contributed by atoms with Gasteiger partial charge in [0, 0.05) is 31.2 Å². The molecule has 0 aromatic rings. The van der Waals surface area contributed by atoms with Crippen molar-refractivity contribution in [3.8, 4) is 0 Å². The summed E-state index contributed by atoms with van der Waals surface area (Å²) >= 11 is 0. The molecule has 14 heavy (non-hydrogen) atoms. The fourth-order valence-corrected chi connectivity index (χ4v) is 2.22. The second-order valence-corrected chi connectivity index (χ2v) is 4.71. The highest BCUT2D eigenvalue weighted by molar-refractivity contribution is 5.07. The van der Waals surface area contributed by atoms with Crippen LogP contribution in [0, 0.1) is 0 Å². The molecule has 0 radical (unpaired) electrons. The van der Waals surface area contributed by atoms with Gasteiger partial charge in [0.25, 0.3) is 0 Å². The molecular weight excluding hydrogens is 172 g/mol. The predicted molar refractivity (Wildman–Crippen MR) is 62.7 cm³/mol. The monoisotopic (exact) mass is 198 g/mol. The van der Waals surface area contributed by atoms with Crippen molar-refractivity contribution in [3.05, 3.63) is 0 Å². The first kappa shape index (κ1) is 12.0. The van der Waals surface area contributed by atoms with Gasteiger partial charge in [-0.25, -0.2) is 0 Å². The van der Waals surface area contributed by atoms with E-state index in [-0.39, 0.29) is 0 Å². The number of rotatable bonds is 1. The molecule has 0 N–H and O–H groups in total. The van der Waals surface area contributed by atoms with E-state index in [0.29, 0.717) is 5.54 Å². The van der Waals surface area contributed by atoms with Crippen molar-refractivity contribution >= 4 is 0 Å². The van der Waals surface area contributed by atoms with Crippen LogP contribution < -0.4 is 0 Å². The van der Waals surface area contributed by atoms with Gasteiger partial charge in [-0.15, -0.1) is 0 Å². The van der Waals surface area contributed by atoms with E-state index >= 15 is 0 Å². The highest BCUT2D eigenvalue weighted by Crippen LogP contribution is 2.43. The maximum Gasteiger partial charge on any atom is 0.0335 e. The van der Waals surface area contributed by atoms with Crippen LogP contribution >= 0.6 is 0 Å². The van der Waals surface area contributed by atoms with Crippen molar-refractivity contribution in [1.29, 1.82) is 0 Å². The minimum atomic E-state index is 0.600. The molecule has 0 atom stereocenters. The Labute approximate surface area is 89.3 Å². The van der Waals surface area contributed by atoms with E-state index in [9.17, 15) is 0 Å². The molecule has 2 rings (SSSR count). The Bertz CT molecular complexity index is 173. The van der Waals surface area contributed by atoms with E-state index in [1.165, 1.54) is 32.5 Å². The molecule has 0 aromatic heterocycles. The normalized spacial score (nSPS) is 26.1. The van der Waals surface area contributed by atoms with Gasteiger partial charge in [-0.05, 0) is 33.7 Å². The highest BCUT2D eigenvalue weighted by Gasteiger charge is 2.49. The summed E-state index contributed by atoms with van der Waals surface area (Å²) in [4.78, 5) is 5.18. The topological polar surface area (TPSA) is 6.48 Å². The van der Waals surface area contributed by atoms with Crippen molar-refractivity contribution in [2.24, 2.45) is 0 Å². The number of hydrogen-bond donors (Lipinski definition) is 0. The summed E-state index contributed by atoms with van der Waals surface area (Å²) in [7, 11) is 2.28. The van der Waals surface area contributed by atoms with E-state index in [0.717, 1.165) is 6.04 Å². The van der Waals surface area contributed by atoms with Gasteiger partial charge in [0.05, 0.1) is 0 Å². The van der Waals surface area contributed by atoms with Gasteiger partial charge >= 0.3 is 0 Å². The van der Waals surface area contributed by atoms with Crippen LogP contribution in [-0.4, -0.2) is 48.1 Å². The molecule has 1 spiro atoms. The molecule has 0 bridgehead atoms. The van der Waals surface area contributed by atoms with Gasteiger partial charge in [-0.3, -0.25) is 9.80 Å². The van der Waals surface area contributed by atoms with Crippen LogP contribution in [0.3, 0.4) is 0 Å². The van der Waals surface area contributed by atoms with Crippen LogP contribution in [0.1, 0.15) is 40.5 Å². The first-order valence-electron chi connectivity index (χ1n) is 6.09. The fraction of sp³-hybridized carbons (Fsp3) is 1.00. The van der Waals surface area contributed by atoms with Gasteiger partial charge in [-0.1, -0.05) is 13.8 Å². The largest absolute Gasteiger partial charge is 0.298 e. The second kappa shape index (κ2) is 4.63. The molecule has 0 aromatic carbocycles. The van der Waals surface area contributed by atoms with Crippen molar-refractivity contribution in [1.82, 2.24) is 9.80 Å². The molecule has 2 aliphatic rings. The Morgan fingerprint density at radius 1 is 1.07 bits per heavy atom. The molecule has 2 nitrogen and oxygen atoms in total. The third kappa shape index (κ3) is 2.29. The smallest absolute Gasteiger partial charge is 0.0335 e. The maximum absolute atomic E-state index is 2.62. The summed E-state index contributed by atoms with van der Waals surface area (Å²) in [5.74, 6) is 0. The third-order valence-electron chi connectivity index (χ3n) is 3.59. The summed E-state index contributed by atoms with van der Waals surface area (Å²) < 4.78 is 0. The third-order valence-corrected chi connectivity index (χ3v) is 3.59. The van der Waals surface area contributed by atoms with E-state index in [1.807, 2.05) is 13.8 Å². The lowest BCUT2D eigenvalue weighted by Gasteiger charge is -2.42. The minimum absolute atomic E-state index is 0.600. The van der Waals surface area contributed by atoms with E-state index in [4.69, 9.17) is 0 Å². The molecule has 0 amide bonds. The number of likely N-dealkylation sites (N-methyl/N-ethyl adjacent to an activating group) is 1. The van der Waals surface area contributed by atoms with E-state index in [1.54, 1.807) is 0 Å². The van der Waals surface area contributed by atoms with Crippen molar-refractivity contribution in [2.75, 3.05) is 26.7 Å². The van der Waals surface area contributed by atoms with Crippen LogP contribution in [0.4, 0.5) is 0 Å². The SMILES string of the molecule is CC.CC(C)N1CCN(C)C2(CC2)C1. The summed E-state index contributed by atoms with van der Waals surface area (Å²) in [5, 5.41) is 0. The summed E-state index contributed by atoms with van der Waals surface area (Å²) in [6.07, 6.45) is 2.85. The lowest BCUT2D eigenvalue weighted by Crippen LogP contribution is -2.54. The maximum atomic E-state index is 2.62. The molecule has 1 aliphatic carbocycles. The summed E-state index contributed by atoms with van der Waals surface area (Å²) in [6, 6.07) is 0.733. The van der Waals surface area contributed by atoms with E-state index < -0.39 is 0 Å². The lowest BCUT2D eigenvalue weighted by atomic mass is 10.1. The van der Waals surface area contributed by atoms with E-state index in [2.05, 4.69) is 30.7 Å². The van der Waals surface area contributed by atoms with Crippen LogP contribution in [0.25, 0.3) is 0 Å². The highest BCUT2D eigenvalue weighted by atomic mass is 15.3. The Morgan fingerprint density at radius 3 is 2.07 bits per heavy atom. The Balaban J connectivity index is 0.000000461. The van der Waals surface area contributed by atoms with Crippen LogP contribution in [0.15, 0.2) is 0 Å². The Hall–Kier alpha value is -0.0800. The zero-order valence-corrected chi connectivity index (χ0v) is 10.5. The zero-order chi connectivity index (χ0) is 10.8. The molecule has 1 saturated heterocycles. The van der Waals surface area contributed by atoms with Gasteiger partial charge in [0.1, 0.15) is 0 Å². The van der Waals surface area contributed by atoms with Crippen molar-refractivity contribution in [3.63, 3.8) is 0 Å². The second-order valence-electron chi connectivity index (χ2n) is 4.71. The van der Waals surface area contributed by atoms with Crippen LogP contribution in [0.5, 0.6) is 0 Å². The average molecular weight is 198 g/mol. The Morgan fingerprint density at radius 2 is 1.64 bits per heavy atom. The van der Waals surface area contributed by atoms with Gasteiger partial charge < -0.3 is 0 Å². The average Bonchev–Trinajstić information content (AvgIpc) is 2.94. The molecule has 84 valence electrons. The summed E-state index contributed by atoms with van der Waals surface area (Å²) in [6.45, 7) is 12.4. The summed E-state index contributed by atoms with van der Waals surface area (Å²) in [5.41, 5.74) is 0.600. The van der Waals surface area contributed by atoms with Gasteiger partial charge in [0.15, 0.2) is 0 Å². The van der Waals surface area contributed by atoms with Crippen molar-refractivity contribution < 1.29 is 0 Å². The van der Waals surface area contributed by atoms with Crippen molar-refractivity contribution in [2.45, 2.75) is 52.1 Å². The molecular formula is C12H26N2. The van der Waals surface area contributed by atoms with Gasteiger partial charge in [-0.2, -0.15) is 0 Å². The zero-order valence-electron chi connectivity index (χ0n) is 10.5. The first-order valence-corrected chi connectivity index (χ1v) is 6.09. The molecule has 1 saturated carbocycles. The molecule has 0 unspecified atom stereocenters. The molecule has 1 heterocycles. The number of piperazine rings is 1. The molecule has 1 aliphatic heterocycles.